The number of hydrogen-bond donors (Lipinski definition) is 2. The van der Waals surface area contributed by atoms with Crippen LogP contribution in [0.5, 0.6) is 0 Å². The van der Waals surface area contributed by atoms with Crippen molar-refractivity contribution in [1.29, 1.82) is 0 Å². The summed E-state index contributed by atoms with van der Waals surface area (Å²) in [7, 11) is 0. The number of aliphatic hydroxyl groups excluding tert-OH is 1. The third kappa shape index (κ3) is 4.38. The Labute approximate surface area is 158 Å². The second-order valence-electron chi connectivity index (χ2n) is 6.55. The van der Waals surface area contributed by atoms with E-state index >= 15 is 0 Å². The van der Waals surface area contributed by atoms with E-state index in [2.05, 4.69) is 9.98 Å². The van der Waals surface area contributed by atoms with Gasteiger partial charge in [0, 0.05) is 34.8 Å². The van der Waals surface area contributed by atoms with Crippen LogP contribution in [0, 0.1) is 12.7 Å². The molecule has 27 heavy (non-hydrogen) atoms. The molecule has 4 nitrogen and oxygen atoms in total. The molecule has 0 aliphatic rings. The maximum atomic E-state index is 13.6. The third-order valence-electron chi connectivity index (χ3n) is 4.24. The molecule has 0 spiro atoms. The molecule has 0 radical (unpaired) electrons. The SMILES string of the molecule is Cc1cc(-c2ncccc2-c2ccc(N)c(C=NCC(C)O)c2)ccc1F. The number of hydrogen-bond acceptors (Lipinski definition) is 4. The van der Waals surface area contributed by atoms with Crippen LogP contribution in [0.15, 0.2) is 59.7 Å². The summed E-state index contributed by atoms with van der Waals surface area (Å²) < 4.78 is 13.6. The molecule has 0 amide bonds. The monoisotopic (exact) mass is 363 g/mol. The smallest absolute Gasteiger partial charge is 0.126 e. The van der Waals surface area contributed by atoms with Crippen molar-refractivity contribution in [1.82, 2.24) is 4.98 Å². The number of pyridine rings is 1. The number of aliphatic imine (C=N–C) groups is 1. The Hall–Kier alpha value is -3.05. The first-order chi connectivity index (χ1) is 13.0. The van der Waals surface area contributed by atoms with Gasteiger partial charge in [-0.25, -0.2) is 4.39 Å². The lowest BCUT2D eigenvalue weighted by atomic mass is 9.96. The van der Waals surface area contributed by atoms with E-state index in [9.17, 15) is 9.50 Å². The molecule has 3 rings (SSSR count). The zero-order valence-electron chi connectivity index (χ0n) is 15.4. The van der Waals surface area contributed by atoms with Crippen molar-refractivity contribution in [3.05, 3.63) is 71.7 Å². The van der Waals surface area contributed by atoms with Gasteiger partial charge in [-0.15, -0.1) is 0 Å². The summed E-state index contributed by atoms with van der Waals surface area (Å²) in [5.41, 5.74) is 11.5. The number of rotatable bonds is 5. The lowest BCUT2D eigenvalue weighted by Crippen LogP contribution is -2.04. The van der Waals surface area contributed by atoms with Gasteiger partial charge in [0.05, 0.1) is 18.3 Å². The van der Waals surface area contributed by atoms with Crippen molar-refractivity contribution in [2.75, 3.05) is 12.3 Å². The van der Waals surface area contributed by atoms with Crippen LogP contribution in [0.3, 0.4) is 0 Å². The standard InChI is InChI=1S/C22H22FN3O/c1-14-10-17(5-7-20(14)23)22-19(4-3-9-26-22)16-6-8-21(24)18(11-16)13-25-12-15(2)27/h3-11,13,15,27H,12,24H2,1-2H3. The number of benzene rings is 2. The summed E-state index contributed by atoms with van der Waals surface area (Å²) >= 11 is 0. The number of nitrogen functional groups attached to an aromatic ring is 1. The molecule has 3 aromatic rings. The fourth-order valence-electron chi connectivity index (χ4n) is 2.82. The number of halogens is 1. The first kappa shape index (κ1) is 18.7. The van der Waals surface area contributed by atoms with Crippen LogP contribution in [-0.4, -0.2) is 29.0 Å². The molecule has 1 atom stereocenters. The Morgan fingerprint density at radius 1 is 1.19 bits per heavy atom. The molecular weight excluding hydrogens is 341 g/mol. The molecule has 0 aliphatic carbocycles. The number of aliphatic hydroxyl groups is 1. The number of anilines is 1. The van der Waals surface area contributed by atoms with E-state index in [-0.39, 0.29) is 5.82 Å². The highest BCUT2D eigenvalue weighted by Crippen LogP contribution is 2.32. The third-order valence-corrected chi connectivity index (χ3v) is 4.24. The van der Waals surface area contributed by atoms with E-state index in [1.807, 2.05) is 30.3 Å². The Morgan fingerprint density at radius 3 is 2.70 bits per heavy atom. The van der Waals surface area contributed by atoms with Gasteiger partial charge < -0.3 is 10.8 Å². The zero-order chi connectivity index (χ0) is 19.4. The normalized spacial score (nSPS) is 12.4. The molecule has 138 valence electrons. The van der Waals surface area contributed by atoms with Gasteiger partial charge in [0.2, 0.25) is 0 Å². The summed E-state index contributed by atoms with van der Waals surface area (Å²) in [4.78, 5) is 8.74. The number of nitrogens with two attached hydrogens (primary N) is 1. The van der Waals surface area contributed by atoms with E-state index < -0.39 is 6.10 Å². The molecule has 3 N–H and O–H groups in total. The molecule has 0 saturated heterocycles. The number of aryl methyl sites for hydroxylation is 1. The minimum Gasteiger partial charge on any atom is -0.398 e. The molecule has 1 heterocycles. The van der Waals surface area contributed by atoms with Gasteiger partial charge >= 0.3 is 0 Å². The second kappa shape index (κ2) is 8.10. The van der Waals surface area contributed by atoms with Crippen molar-refractivity contribution < 1.29 is 9.50 Å². The Bertz CT molecular complexity index is 983. The van der Waals surface area contributed by atoms with Gasteiger partial charge in [-0.2, -0.15) is 0 Å². The fraction of sp³-hybridized carbons (Fsp3) is 0.182. The highest BCUT2D eigenvalue weighted by molar-refractivity contribution is 5.91. The van der Waals surface area contributed by atoms with Crippen LogP contribution >= 0.6 is 0 Å². The topological polar surface area (TPSA) is 71.5 Å². The predicted octanol–water partition coefficient (Wildman–Crippen LogP) is 4.25. The summed E-state index contributed by atoms with van der Waals surface area (Å²) in [5.74, 6) is -0.236. The van der Waals surface area contributed by atoms with Crippen LogP contribution in [0.4, 0.5) is 10.1 Å². The predicted molar refractivity (Wildman–Crippen MR) is 108 cm³/mol. The van der Waals surface area contributed by atoms with E-state index in [0.717, 1.165) is 27.9 Å². The van der Waals surface area contributed by atoms with Gasteiger partial charge in [0.25, 0.3) is 0 Å². The second-order valence-corrected chi connectivity index (χ2v) is 6.55. The Kier molecular flexibility index (Phi) is 5.62. The van der Waals surface area contributed by atoms with Crippen molar-refractivity contribution >= 4 is 11.9 Å². The average molecular weight is 363 g/mol. The zero-order valence-corrected chi connectivity index (χ0v) is 15.4. The minimum absolute atomic E-state index is 0.236. The molecule has 0 saturated carbocycles. The quantitative estimate of drug-likeness (QED) is 0.526. The van der Waals surface area contributed by atoms with Crippen molar-refractivity contribution in [2.45, 2.75) is 20.0 Å². The lowest BCUT2D eigenvalue weighted by Gasteiger charge is -2.11. The van der Waals surface area contributed by atoms with Crippen LogP contribution in [0.1, 0.15) is 18.1 Å². The van der Waals surface area contributed by atoms with Crippen molar-refractivity contribution in [3.8, 4) is 22.4 Å². The number of nitrogens with zero attached hydrogens (tertiary/aromatic N) is 2. The summed E-state index contributed by atoms with van der Waals surface area (Å²) in [6.45, 7) is 3.74. The molecule has 1 unspecified atom stereocenters. The summed E-state index contributed by atoms with van der Waals surface area (Å²) in [6, 6.07) is 14.5. The Balaban J connectivity index is 2.04. The van der Waals surface area contributed by atoms with Crippen molar-refractivity contribution in [3.63, 3.8) is 0 Å². The lowest BCUT2D eigenvalue weighted by molar-refractivity contribution is 0.204. The summed E-state index contributed by atoms with van der Waals surface area (Å²) in [5, 5.41) is 9.36. The molecular formula is C22H22FN3O. The van der Waals surface area contributed by atoms with Gasteiger partial charge in [0.15, 0.2) is 0 Å². The highest BCUT2D eigenvalue weighted by atomic mass is 19.1. The number of aromatic nitrogens is 1. The van der Waals surface area contributed by atoms with Gasteiger partial charge in [-0.3, -0.25) is 9.98 Å². The van der Waals surface area contributed by atoms with Gasteiger partial charge in [-0.05, 0) is 61.4 Å². The molecule has 2 aromatic carbocycles. The van der Waals surface area contributed by atoms with Gasteiger partial charge in [-0.1, -0.05) is 12.1 Å². The molecule has 0 bridgehead atoms. The molecule has 0 aliphatic heterocycles. The van der Waals surface area contributed by atoms with E-state index in [1.165, 1.54) is 6.07 Å². The highest BCUT2D eigenvalue weighted by Gasteiger charge is 2.11. The molecule has 5 heteroatoms. The fourth-order valence-corrected chi connectivity index (χ4v) is 2.82. The van der Waals surface area contributed by atoms with E-state index in [0.29, 0.717) is 17.8 Å². The van der Waals surface area contributed by atoms with Crippen LogP contribution in [0.2, 0.25) is 0 Å². The van der Waals surface area contributed by atoms with E-state index in [1.54, 1.807) is 38.4 Å². The molecule has 0 fully saturated rings. The minimum atomic E-state index is -0.503. The van der Waals surface area contributed by atoms with Gasteiger partial charge in [0.1, 0.15) is 5.82 Å². The average Bonchev–Trinajstić information content (AvgIpc) is 2.65. The van der Waals surface area contributed by atoms with Crippen molar-refractivity contribution in [2.24, 2.45) is 4.99 Å². The van der Waals surface area contributed by atoms with Crippen LogP contribution in [0.25, 0.3) is 22.4 Å². The maximum Gasteiger partial charge on any atom is 0.126 e. The Morgan fingerprint density at radius 2 is 1.96 bits per heavy atom. The largest absolute Gasteiger partial charge is 0.398 e. The van der Waals surface area contributed by atoms with Crippen LogP contribution < -0.4 is 5.73 Å². The maximum absolute atomic E-state index is 13.6. The molecule has 1 aromatic heterocycles. The first-order valence-corrected chi connectivity index (χ1v) is 8.75. The summed E-state index contributed by atoms with van der Waals surface area (Å²) in [6.07, 6.45) is 2.89. The van der Waals surface area contributed by atoms with Crippen LogP contribution in [-0.2, 0) is 0 Å². The van der Waals surface area contributed by atoms with E-state index in [4.69, 9.17) is 5.73 Å². The first-order valence-electron chi connectivity index (χ1n) is 8.75.